The van der Waals surface area contributed by atoms with Crippen LogP contribution in [0.25, 0.3) is 0 Å². The monoisotopic (exact) mass is 347 g/mol. The summed E-state index contributed by atoms with van der Waals surface area (Å²) in [5.74, 6) is 0. The number of rotatable bonds is 6. The van der Waals surface area contributed by atoms with Gasteiger partial charge in [0.05, 0.1) is 11.7 Å². The number of hydrogen-bond donors (Lipinski definition) is 0. The zero-order chi connectivity index (χ0) is 17.5. The lowest BCUT2D eigenvalue weighted by atomic mass is 9.70. The van der Waals surface area contributed by atoms with Crippen LogP contribution in [-0.4, -0.2) is 18.6 Å². The number of ether oxygens (including phenoxy) is 1. The van der Waals surface area contributed by atoms with Crippen molar-refractivity contribution in [3.8, 4) is 0 Å². The number of hydrogen-bond acceptors (Lipinski definition) is 2. The predicted octanol–water partition coefficient (Wildman–Crippen LogP) is 5.27. The van der Waals surface area contributed by atoms with Crippen LogP contribution in [-0.2, 0) is 10.2 Å². The van der Waals surface area contributed by atoms with Crippen molar-refractivity contribution in [3.05, 3.63) is 108 Å². The van der Waals surface area contributed by atoms with Crippen LogP contribution in [0.4, 0.5) is 4.79 Å². The van der Waals surface area contributed by atoms with Crippen molar-refractivity contribution in [1.29, 1.82) is 0 Å². The van der Waals surface area contributed by atoms with Crippen LogP contribution in [0.3, 0.4) is 0 Å². The van der Waals surface area contributed by atoms with Crippen LogP contribution in [0.5, 0.6) is 0 Å². The molecule has 1 unspecified atom stereocenters. The van der Waals surface area contributed by atoms with Crippen LogP contribution < -0.4 is 0 Å². The Morgan fingerprint density at radius 1 is 0.760 bits per heavy atom. The molecule has 3 aromatic carbocycles. The first-order valence-electron chi connectivity index (χ1n) is 8.14. The average Bonchev–Trinajstić information content (AvgIpc) is 2.71. The van der Waals surface area contributed by atoms with E-state index in [4.69, 9.17) is 4.74 Å². The van der Waals surface area contributed by atoms with E-state index in [-0.39, 0.29) is 20.5 Å². The average molecular weight is 347 g/mol. The minimum Gasteiger partial charge on any atom is -0.429 e. The normalized spacial score (nSPS) is 11.2. The highest BCUT2D eigenvalue weighted by Crippen LogP contribution is 2.39. The molecule has 1 atom stereocenters. The van der Waals surface area contributed by atoms with Gasteiger partial charge in [0.15, 0.2) is 8.20 Å². The van der Waals surface area contributed by atoms with Gasteiger partial charge in [0.25, 0.3) is 0 Å². The van der Waals surface area contributed by atoms with Crippen molar-refractivity contribution >= 4 is 20.2 Å². The summed E-state index contributed by atoms with van der Waals surface area (Å²) in [6, 6.07) is 30.6. The van der Waals surface area contributed by atoms with Gasteiger partial charge in [-0.15, -0.1) is 0 Å². The number of benzene rings is 3. The van der Waals surface area contributed by atoms with Gasteiger partial charge in [-0.05, 0) is 16.7 Å². The third kappa shape index (κ3) is 3.55. The second-order valence-electron chi connectivity index (χ2n) is 5.76. The van der Waals surface area contributed by atoms with E-state index in [2.05, 4.69) is 42.7 Å². The van der Waals surface area contributed by atoms with Crippen molar-refractivity contribution in [3.63, 3.8) is 0 Å². The fourth-order valence-electron chi connectivity index (χ4n) is 3.14. The molecule has 3 heteroatoms. The van der Waals surface area contributed by atoms with Gasteiger partial charge < -0.3 is 4.74 Å². The molecule has 0 amide bonds. The molecule has 0 bridgehead atoms. The summed E-state index contributed by atoms with van der Waals surface area (Å²) in [5.41, 5.74) is 2.44. The van der Waals surface area contributed by atoms with Gasteiger partial charge in [0, 0.05) is 0 Å². The molecule has 25 heavy (non-hydrogen) atoms. The van der Waals surface area contributed by atoms with Crippen LogP contribution in [0.1, 0.15) is 16.7 Å². The molecule has 0 aliphatic rings. The minimum absolute atomic E-state index is 0.121. The lowest BCUT2D eigenvalue weighted by molar-refractivity contribution is 0.158. The summed E-state index contributed by atoms with van der Waals surface area (Å²) in [4.78, 5) is 11.9. The highest BCUT2D eigenvalue weighted by atomic mass is 31.1. The summed E-state index contributed by atoms with van der Waals surface area (Å²) in [5, 5.41) is 0. The number of carbonyl (C=O) groups excluding carboxylic acids is 1. The fraction of sp³-hybridized carbons (Fsp3) is 0.0909. The molecule has 0 aliphatic heterocycles. The fourth-order valence-corrected chi connectivity index (χ4v) is 3.32. The Bertz CT molecular complexity index is 733. The van der Waals surface area contributed by atoms with Crippen LogP contribution >= 0.6 is 8.20 Å². The topological polar surface area (TPSA) is 26.3 Å². The zero-order valence-electron chi connectivity index (χ0n) is 13.9. The highest BCUT2D eigenvalue weighted by molar-refractivity contribution is 7.55. The van der Waals surface area contributed by atoms with Crippen LogP contribution in [0.2, 0.25) is 0 Å². The summed E-state index contributed by atoms with van der Waals surface area (Å²) in [6.07, 6.45) is 3.66. The quantitative estimate of drug-likeness (QED) is 0.449. The Labute approximate surface area is 149 Å². The van der Waals surface area contributed by atoms with Gasteiger partial charge in [0.2, 0.25) is 0 Å². The van der Waals surface area contributed by atoms with Gasteiger partial charge >= 0.3 is 5.71 Å². The molecule has 2 nitrogen and oxygen atoms in total. The Kier molecular flexibility index (Phi) is 5.42. The first kappa shape index (κ1) is 17.1. The summed E-state index contributed by atoms with van der Waals surface area (Å²) < 4.78 is 5.63. The largest absolute Gasteiger partial charge is 0.507 e. The molecule has 0 aliphatic carbocycles. The van der Waals surface area contributed by atoms with E-state index >= 15 is 0 Å². The van der Waals surface area contributed by atoms with Gasteiger partial charge in [-0.25, -0.2) is 0 Å². The van der Waals surface area contributed by atoms with Gasteiger partial charge in [0.1, 0.15) is 6.61 Å². The number of carbonyl (C=O) groups is 1. The van der Waals surface area contributed by atoms with E-state index in [0.717, 1.165) is 16.7 Å². The summed E-state index contributed by atoms with van der Waals surface area (Å²) in [6.45, 7) is 0.242. The molecule has 0 saturated heterocycles. The van der Waals surface area contributed by atoms with Crippen molar-refractivity contribution < 1.29 is 9.53 Å². The molecule has 0 heterocycles. The second-order valence-corrected chi connectivity index (χ2v) is 6.52. The first-order valence-corrected chi connectivity index (χ1v) is 9.34. The van der Waals surface area contributed by atoms with Crippen molar-refractivity contribution in [2.24, 2.45) is 0 Å². The van der Waals surface area contributed by atoms with Gasteiger partial charge in [-0.2, -0.15) is 4.79 Å². The summed E-state index contributed by atoms with van der Waals surface area (Å²) in [7, 11) is -0.121. The Morgan fingerprint density at radius 3 is 1.44 bits per heavy atom. The van der Waals surface area contributed by atoms with E-state index in [1.807, 2.05) is 54.6 Å². The van der Waals surface area contributed by atoms with E-state index < -0.39 is 5.41 Å². The molecular weight excluding hydrogens is 327 g/mol. The molecule has 124 valence electrons. The SMILES string of the molecule is C=[PH+]C(=O)OCC(c1ccccc1)(c1ccccc1)c1ccccc1. The lowest BCUT2D eigenvalue weighted by Gasteiger charge is -2.34. The van der Waals surface area contributed by atoms with Crippen molar-refractivity contribution in [1.82, 2.24) is 0 Å². The maximum atomic E-state index is 11.9. The molecule has 0 spiro atoms. The van der Waals surface area contributed by atoms with Gasteiger partial charge in [-0.1, -0.05) is 91.0 Å². The molecule has 3 aromatic rings. The van der Waals surface area contributed by atoms with Crippen LogP contribution in [0, 0.1) is 0 Å². The molecular formula is C22H20O2P+. The van der Waals surface area contributed by atoms with Crippen LogP contribution in [0.15, 0.2) is 91.0 Å². The molecule has 0 fully saturated rings. The standard InChI is InChI=1S/C22H19O2P/c1-25-21(23)24-17-22(18-11-5-2-6-12-18,19-13-7-3-8-14-19)20-15-9-4-10-16-20/h2-16H,1,17H2/p+1. The third-order valence-electron chi connectivity index (χ3n) is 4.36. The molecule has 0 saturated carbocycles. The summed E-state index contributed by atoms with van der Waals surface area (Å²) >= 11 is 0. The molecule has 3 rings (SSSR count). The molecule has 0 aromatic heterocycles. The molecule has 0 N–H and O–H groups in total. The predicted molar refractivity (Wildman–Crippen MR) is 106 cm³/mol. The Morgan fingerprint density at radius 2 is 1.12 bits per heavy atom. The smallest absolute Gasteiger partial charge is 0.429 e. The highest BCUT2D eigenvalue weighted by Gasteiger charge is 2.38. The second kappa shape index (κ2) is 7.92. The Hall–Kier alpha value is -2.70. The first-order chi connectivity index (χ1) is 12.3. The third-order valence-corrected chi connectivity index (χ3v) is 4.80. The lowest BCUT2D eigenvalue weighted by Crippen LogP contribution is -2.35. The maximum absolute atomic E-state index is 11.9. The van der Waals surface area contributed by atoms with E-state index in [1.54, 1.807) is 0 Å². The maximum Gasteiger partial charge on any atom is 0.507 e. The van der Waals surface area contributed by atoms with E-state index in [1.165, 1.54) is 0 Å². The minimum atomic E-state index is -0.556. The van der Waals surface area contributed by atoms with Crippen molar-refractivity contribution in [2.45, 2.75) is 5.41 Å². The zero-order valence-corrected chi connectivity index (χ0v) is 14.9. The Balaban J connectivity index is 2.23. The van der Waals surface area contributed by atoms with Gasteiger partial charge in [-0.3, -0.25) is 0 Å². The van der Waals surface area contributed by atoms with E-state index in [0.29, 0.717) is 0 Å². The van der Waals surface area contributed by atoms with Crippen molar-refractivity contribution in [2.75, 3.05) is 6.61 Å². The molecule has 0 radical (unpaired) electrons. The van der Waals surface area contributed by atoms with E-state index in [9.17, 15) is 4.79 Å².